The van der Waals surface area contributed by atoms with Gasteiger partial charge in [0.2, 0.25) is 0 Å². The zero-order chi connectivity index (χ0) is 15.8. The molecule has 0 atom stereocenters. The van der Waals surface area contributed by atoms with Gasteiger partial charge in [0, 0.05) is 23.1 Å². The number of aryl methyl sites for hydroxylation is 1. The van der Waals surface area contributed by atoms with Gasteiger partial charge in [-0.15, -0.1) is 0 Å². The first-order valence-corrected chi connectivity index (χ1v) is 7.59. The van der Waals surface area contributed by atoms with Crippen molar-refractivity contribution in [1.29, 1.82) is 0 Å². The number of nitrogens with one attached hydrogen (secondary N) is 2. The maximum Gasteiger partial charge on any atom is 0.256 e. The van der Waals surface area contributed by atoms with Gasteiger partial charge in [-0.05, 0) is 42.3 Å². The van der Waals surface area contributed by atoms with Crippen molar-refractivity contribution in [2.45, 2.75) is 6.92 Å². The van der Waals surface area contributed by atoms with Crippen LogP contribution < -0.4 is 5.32 Å². The number of carbonyl (C=O) groups excluding carboxylic acids is 1. The van der Waals surface area contributed by atoms with Crippen LogP contribution in [0.15, 0.2) is 60.8 Å². The molecule has 23 heavy (non-hydrogen) atoms. The Hall–Kier alpha value is -3.07. The molecule has 2 N–H and O–H groups in total. The Morgan fingerprint density at radius 3 is 2.52 bits per heavy atom. The van der Waals surface area contributed by atoms with E-state index < -0.39 is 0 Å². The Balaban J connectivity index is 1.91. The first kappa shape index (κ1) is 13.6. The van der Waals surface area contributed by atoms with Gasteiger partial charge in [0.05, 0.1) is 5.57 Å². The molecule has 0 fully saturated rings. The number of H-pyrrole nitrogens is 1. The maximum atomic E-state index is 12.4. The molecule has 1 aliphatic heterocycles. The molecule has 0 unspecified atom stereocenters. The van der Waals surface area contributed by atoms with Crippen molar-refractivity contribution >= 4 is 23.2 Å². The minimum absolute atomic E-state index is 0.0610. The van der Waals surface area contributed by atoms with Gasteiger partial charge in [-0.25, -0.2) is 0 Å². The third-order valence-corrected chi connectivity index (χ3v) is 4.11. The SMILES string of the molecule is Cc1ccc(-c2cccc3c2/C(=C/c2ccc[nH]2)C(=O)N3)cc1. The molecule has 3 aromatic rings. The quantitative estimate of drug-likeness (QED) is 0.673. The maximum absolute atomic E-state index is 12.4. The van der Waals surface area contributed by atoms with E-state index in [1.165, 1.54) is 5.56 Å². The van der Waals surface area contributed by atoms with Gasteiger partial charge in [0.25, 0.3) is 5.91 Å². The van der Waals surface area contributed by atoms with Crippen LogP contribution >= 0.6 is 0 Å². The number of aromatic amines is 1. The minimum Gasteiger partial charge on any atom is -0.362 e. The molecule has 2 aromatic carbocycles. The van der Waals surface area contributed by atoms with Gasteiger partial charge < -0.3 is 10.3 Å². The lowest BCUT2D eigenvalue weighted by molar-refractivity contribution is -0.110. The van der Waals surface area contributed by atoms with E-state index in [9.17, 15) is 4.79 Å². The molecule has 0 spiro atoms. The number of amides is 1. The van der Waals surface area contributed by atoms with Crippen LogP contribution in [0.3, 0.4) is 0 Å². The Morgan fingerprint density at radius 1 is 0.957 bits per heavy atom. The lowest BCUT2D eigenvalue weighted by Gasteiger charge is -2.09. The third kappa shape index (κ3) is 2.36. The first-order valence-electron chi connectivity index (χ1n) is 7.59. The van der Waals surface area contributed by atoms with Crippen molar-refractivity contribution in [2.75, 3.05) is 5.32 Å². The molecular weight excluding hydrogens is 284 g/mol. The molecule has 1 aromatic heterocycles. The lowest BCUT2D eigenvalue weighted by Crippen LogP contribution is -2.03. The Kier molecular flexibility index (Phi) is 3.12. The molecule has 1 amide bonds. The molecule has 0 bridgehead atoms. The summed E-state index contributed by atoms with van der Waals surface area (Å²) in [5.74, 6) is -0.0610. The van der Waals surface area contributed by atoms with Crippen molar-refractivity contribution in [3.63, 3.8) is 0 Å². The summed E-state index contributed by atoms with van der Waals surface area (Å²) in [6.07, 6.45) is 3.75. The second kappa shape index (κ2) is 5.29. The van der Waals surface area contributed by atoms with Crippen molar-refractivity contribution in [2.24, 2.45) is 0 Å². The van der Waals surface area contributed by atoms with E-state index in [1.807, 2.05) is 36.5 Å². The van der Waals surface area contributed by atoms with E-state index in [0.29, 0.717) is 5.57 Å². The van der Waals surface area contributed by atoms with Crippen molar-refractivity contribution < 1.29 is 4.79 Å². The van der Waals surface area contributed by atoms with Crippen LogP contribution in [-0.4, -0.2) is 10.9 Å². The zero-order valence-corrected chi connectivity index (χ0v) is 12.8. The number of aromatic nitrogens is 1. The molecule has 4 rings (SSSR count). The third-order valence-electron chi connectivity index (χ3n) is 4.11. The van der Waals surface area contributed by atoms with Crippen LogP contribution in [0, 0.1) is 6.92 Å². The number of carbonyl (C=O) groups is 1. The van der Waals surface area contributed by atoms with Crippen LogP contribution in [0.1, 0.15) is 16.8 Å². The summed E-state index contributed by atoms with van der Waals surface area (Å²) in [6.45, 7) is 2.07. The number of hydrogen-bond donors (Lipinski definition) is 2. The highest BCUT2D eigenvalue weighted by Crippen LogP contribution is 2.40. The molecule has 0 radical (unpaired) electrons. The number of rotatable bonds is 2. The average Bonchev–Trinajstić information content (AvgIpc) is 3.17. The number of benzene rings is 2. The molecule has 3 nitrogen and oxygen atoms in total. The Labute approximate surface area is 134 Å². The predicted octanol–water partition coefficient (Wildman–Crippen LogP) is 4.48. The Bertz CT molecular complexity index is 903. The zero-order valence-electron chi connectivity index (χ0n) is 12.8. The fourth-order valence-corrected chi connectivity index (χ4v) is 2.95. The number of fused-ring (bicyclic) bond motifs is 1. The number of anilines is 1. The van der Waals surface area contributed by atoms with Gasteiger partial charge in [0.1, 0.15) is 0 Å². The lowest BCUT2D eigenvalue weighted by atomic mass is 9.94. The van der Waals surface area contributed by atoms with Crippen LogP contribution in [0.5, 0.6) is 0 Å². The summed E-state index contributed by atoms with van der Waals surface area (Å²) in [6, 6.07) is 18.2. The summed E-state index contributed by atoms with van der Waals surface area (Å²) in [4.78, 5) is 15.5. The van der Waals surface area contributed by atoms with Gasteiger partial charge in [-0.3, -0.25) is 4.79 Å². The van der Waals surface area contributed by atoms with Crippen LogP contribution in [0.25, 0.3) is 22.8 Å². The van der Waals surface area contributed by atoms with Crippen molar-refractivity contribution in [1.82, 2.24) is 4.98 Å². The summed E-state index contributed by atoms with van der Waals surface area (Å²) in [5, 5.41) is 2.96. The highest BCUT2D eigenvalue weighted by atomic mass is 16.2. The van der Waals surface area contributed by atoms with Crippen LogP contribution in [-0.2, 0) is 4.79 Å². The molecule has 112 valence electrons. The van der Waals surface area contributed by atoms with Gasteiger partial charge in [-0.1, -0.05) is 42.0 Å². The average molecular weight is 300 g/mol. The predicted molar refractivity (Wildman–Crippen MR) is 93.9 cm³/mol. The highest BCUT2D eigenvalue weighted by Gasteiger charge is 2.27. The number of hydrogen-bond acceptors (Lipinski definition) is 1. The second-order valence-corrected chi connectivity index (χ2v) is 5.73. The molecule has 1 aliphatic rings. The van der Waals surface area contributed by atoms with Gasteiger partial charge in [0.15, 0.2) is 0 Å². The fourth-order valence-electron chi connectivity index (χ4n) is 2.95. The van der Waals surface area contributed by atoms with E-state index in [-0.39, 0.29) is 5.91 Å². The largest absolute Gasteiger partial charge is 0.362 e. The Morgan fingerprint density at radius 2 is 1.78 bits per heavy atom. The first-order chi connectivity index (χ1) is 11.2. The van der Waals surface area contributed by atoms with Crippen molar-refractivity contribution in [3.05, 3.63) is 77.6 Å². The summed E-state index contributed by atoms with van der Waals surface area (Å²) >= 11 is 0. The monoisotopic (exact) mass is 300 g/mol. The van der Waals surface area contributed by atoms with Gasteiger partial charge >= 0.3 is 0 Å². The van der Waals surface area contributed by atoms with E-state index >= 15 is 0 Å². The van der Waals surface area contributed by atoms with E-state index in [0.717, 1.165) is 28.1 Å². The molecule has 2 heterocycles. The highest BCUT2D eigenvalue weighted by molar-refractivity contribution is 6.36. The summed E-state index contributed by atoms with van der Waals surface area (Å²) in [5.41, 5.74) is 6.85. The molecule has 0 aliphatic carbocycles. The standard InChI is InChI=1S/C20H16N2O/c1-13-7-9-14(10-8-13)16-5-2-6-18-19(16)17(20(23)22-18)12-15-4-3-11-21-15/h2-12,21H,1H3,(H,22,23)/b17-12-. The van der Waals surface area contributed by atoms with E-state index in [2.05, 4.69) is 47.6 Å². The molecule has 0 saturated carbocycles. The van der Waals surface area contributed by atoms with Crippen LogP contribution in [0.4, 0.5) is 5.69 Å². The molecule has 0 saturated heterocycles. The second-order valence-electron chi connectivity index (χ2n) is 5.73. The summed E-state index contributed by atoms with van der Waals surface area (Å²) in [7, 11) is 0. The van der Waals surface area contributed by atoms with E-state index in [1.54, 1.807) is 0 Å². The van der Waals surface area contributed by atoms with Crippen LogP contribution in [0.2, 0.25) is 0 Å². The van der Waals surface area contributed by atoms with E-state index in [4.69, 9.17) is 0 Å². The summed E-state index contributed by atoms with van der Waals surface area (Å²) < 4.78 is 0. The fraction of sp³-hybridized carbons (Fsp3) is 0.0500. The normalized spacial score (nSPS) is 14.8. The topological polar surface area (TPSA) is 44.9 Å². The van der Waals surface area contributed by atoms with Gasteiger partial charge in [-0.2, -0.15) is 0 Å². The molecule has 3 heteroatoms. The molecular formula is C20H16N2O. The smallest absolute Gasteiger partial charge is 0.256 e. The minimum atomic E-state index is -0.0610. The van der Waals surface area contributed by atoms with Crippen molar-refractivity contribution in [3.8, 4) is 11.1 Å².